The molecule has 3 aromatic heterocycles. The number of benzene rings is 2. The molecule has 0 spiro atoms. The van der Waals surface area contributed by atoms with Crippen LogP contribution in [0.15, 0.2) is 58.1 Å². The van der Waals surface area contributed by atoms with Crippen molar-refractivity contribution in [2.75, 3.05) is 7.11 Å². The summed E-state index contributed by atoms with van der Waals surface area (Å²) in [6.45, 7) is 5.94. The second-order valence-electron chi connectivity index (χ2n) is 9.37. The quantitative estimate of drug-likeness (QED) is 0.303. The molecule has 200 valence electrons. The minimum absolute atomic E-state index is 0.0204. The number of hydrogen-bond donors (Lipinski definition) is 1. The molecule has 0 unspecified atom stereocenters. The highest BCUT2D eigenvalue weighted by molar-refractivity contribution is 5.80. The number of carbonyl (C=O) groups is 1. The van der Waals surface area contributed by atoms with Crippen molar-refractivity contribution in [1.82, 2.24) is 39.3 Å². The number of hydrogen-bond acceptors (Lipinski definition) is 8. The van der Waals surface area contributed by atoms with Crippen LogP contribution in [0, 0.1) is 0 Å². The fourth-order valence-corrected chi connectivity index (χ4v) is 4.71. The largest absolute Gasteiger partial charge is 0.468 e. The number of aromatic nitrogens is 8. The van der Waals surface area contributed by atoms with E-state index in [0.717, 1.165) is 26.8 Å². The number of carbonyl (C=O) groups excluding carboxylic acids is 1. The first kappa shape index (κ1) is 25.8. The van der Waals surface area contributed by atoms with E-state index in [-0.39, 0.29) is 11.4 Å². The number of imidazole rings is 1. The Morgan fingerprint density at radius 2 is 1.72 bits per heavy atom. The first-order chi connectivity index (χ1) is 18.8. The molecule has 0 aliphatic heterocycles. The third-order valence-corrected chi connectivity index (χ3v) is 6.62. The molecule has 12 nitrogen and oxygen atoms in total. The summed E-state index contributed by atoms with van der Waals surface area (Å²) < 4.78 is 8.89. The maximum Gasteiger partial charge on any atom is 0.333 e. The number of nitrogens with one attached hydrogen (secondary N) is 1. The minimum Gasteiger partial charge on any atom is -0.468 e. The second kappa shape index (κ2) is 10.5. The fourth-order valence-electron chi connectivity index (χ4n) is 4.71. The van der Waals surface area contributed by atoms with Gasteiger partial charge in [0.2, 0.25) is 0 Å². The Kier molecular flexibility index (Phi) is 6.92. The van der Waals surface area contributed by atoms with E-state index in [2.05, 4.69) is 20.6 Å². The van der Waals surface area contributed by atoms with Gasteiger partial charge in [-0.2, -0.15) is 0 Å². The molecule has 39 heavy (non-hydrogen) atoms. The van der Waals surface area contributed by atoms with Gasteiger partial charge < -0.3 is 9.30 Å². The third kappa shape index (κ3) is 4.65. The lowest BCUT2D eigenvalue weighted by Crippen LogP contribution is -2.42. The van der Waals surface area contributed by atoms with Crippen molar-refractivity contribution < 1.29 is 9.53 Å². The van der Waals surface area contributed by atoms with Crippen LogP contribution in [0.25, 0.3) is 33.7 Å². The number of aromatic amines is 1. The van der Waals surface area contributed by atoms with Gasteiger partial charge in [-0.3, -0.25) is 14.2 Å². The Balaban J connectivity index is 1.60. The van der Waals surface area contributed by atoms with Crippen LogP contribution in [0.1, 0.15) is 38.1 Å². The molecule has 0 atom stereocenters. The summed E-state index contributed by atoms with van der Waals surface area (Å²) in [4.78, 5) is 43.4. The Morgan fingerprint density at radius 3 is 2.33 bits per heavy atom. The molecule has 0 aliphatic rings. The predicted molar refractivity (Wildman–Crippen MR) is 144 cm³/mol. The van der Waals surface area contributed by atoms with Crippen LogP contribution < -0.4 is 11.2 Å². The molecule has 2 aromatic carbocycles. The van der Waals surface area contributed by atoms with Crippen LogP contribution in [-0.2, 0) is 29.2 Å². The Bertz CT molecular complexity index is 1760. The first-order valence-corrected chi connectivity index (χ1v) is 12.6. The lowest BCUT2D eigenvalue weighted by molar-refractivity contribution is -0.141. The minimum atomic E-state index is -0.677. The molecule has 0 aliphatic carbocycles. The van der Waals surface area contributed by atoms with Crippen LogP contribution in [-0.4, -0.2) is 52.4 Å². The summed E-state index contributed by atoms with van der Waals surface area (Å²) in [5, 5.41) is 14.2. The van der Waals surface area contributed by atoms with E-state index < -0.39 is 23.8 Å². The molecule has 0 radical (unpaired) electrons. The number of aryl methyl sites for hydroxylation is 1. The summed E-state index contributed by atoms with van der Waals surface area (Å²) in [5.74, 6) is 0.550. The van der Waals surface area contributed by atoms with Crippen molar-refractivity contribution in [1.29, 1.82) is 0 Å². The molecular formula is C27H28N8O4. The van der Waals surface area contributed by atoms with Gasteiger partial charge in [0.05, 0.1) is 7.11 Å². The zero-order chi connectivity index (χ0) is 27.7. The number of methoxy groups -OCH3 is 1. The number of esters is 1. The van der Waals surface area contributed by atoms with Gasteiger partial charge in [0, 0.05) is 24.6 Å². The van der Waals surface area contributed by atoms with E-state index in [4.69, 9.17) is 9.72 Å². The predicted octanol–water partition coefficient (Wildman–Crippen LogP) is 2.57. The van der Waals surface area contributed by atoms with Gasteiger partial charge in [0.15, 0.2) is 17.0 Å². The van der Waals surface area contributed by atoms with Gasteiger partial charge in [-0.1, -0.05) is 62.4 Å². The van der Waals surface area contributed by atoms with Crippen molar-refractivity contribution in [3.8, 4) is 22.5 Å². The van der Waals surface area contributed by atoms with Gasteiger partial charge in [-0.15, -0.1) is 5.10 Å². The smallest absolute Gasteiger partial charge is 0.333 e. The summed E-state index contributed by atoms with van der Waals surface area (Å²) in [7, 11) is 1.22. The fraction of sp³-hybridized carbons (Fsp3) is 0.296. The van der Waals surface area contributed by atoms with Crippen LogP contribution in [0.2, 0.25) is 0 Å². The monoisotopic (exact) mass is 528 g/mol. The SMILES string of the molecule is CCn1c(=O)n(CC(=O)OC)c(=O)c2c1nc(C(C)C)n2Cc1ccc(-c2ccccc2-c2nnn[nH]2)cc1. The highest BCUT2D eigenvalue weighted by atomic mass is 16.5. The molecule has 0 amide bonds. The maximum absolute atomic E-state index is 13.6. The van der Waals surface area contributed by atoms with Crippen LogP contribution in [0.4, 0.5) is 0 Å². The van der Waals surface area contributed by atoms with Crippen LogP contribution in [0.5, 0.6) is 0 Å². The topological polar surface area (TPSA) is 143 Å². The van der Waals surface area contributed by atoms with Gasteiger partial charge in [0.25, 0.3) is 5.56 Å². The van der Waals surface area contributed by atoms with E-state index in [1.54, 1.807) is 6.92 Å². The number of ether oxygens (including phenoxy) is 1. The number of rotatable bonds is 8. The molecule has 5 rings (SSSR count). The van der Waals surface area contributed by atoms with Crippen molar-refractivity contribution in [3.63, 3.8) is 0 Å². The third-order valence-electron chi connectivity index (χ3n) is 6.62. The molecule has 0 saturated heterocycles. The molecule has 3 heterocycles. The van der Waals surface area contributed by atoms with Crippen molar-refractivity contribution in [2.45, 2.75) is 46.3 Å². The highest BCUT2D eigenvalue weighted by Gasteiger charge is 2.23. The number of H-pyrrole nitrogens is 1. The van der Waals surface area contributed by atoms with Crippen LogP contribution in [0.3, 0.4) is 0 Å². The second-order valence-corrected chi connectivity index (χ2v) is 9.37. The average Bonchev–Trinajstić information content (AvgIpc) is 3.61. The zero-order valence-corrected chi connectivity index (χ0v) is 22.1. The number of tetrazole rings is 1. The summed E-state index contributed by atoms with van der Waals surface area (Å²) >= 11 is 0. The average molecular weight is 529 g/mol. The summed E-state index contributed by atoms with van der Waals surface area (Å²) in [5.41, 5.74) is 3.18. The van der Waals surface area contributed by atoms with E-state index in [1.807, 2.05) is 66.9 Å². The molecule has 5 aromatic rings. The van der Waals surface area contributed by atoms with E-state index in [0.29, 0.717) is 30.4 Å². The van der Waals surface area contributed by atoms with E-state index >= 15 is 0 Å². The standard InChI is InChI=1S/C27H28N8O4/c1-5-33-25-22(26(37)35(27(33)38)15-21(36)39-4)34(24(28-25)16(2)3)14-17-10-12-18(13-11-17)19-8-6-7-9-20(19)23-29-31-32-30-23/h6-13,16H,5,14-15H2,1-4H3,(H,29,30,31,32). The number of nitrogens with zero attached hydrogens (tertiary/aromatic N) is 7. The Labute approximate surface area is 222 Å². The Morgan fingerprint density at radius 1 is 1.00 bits per heavy atom. The lowest BCUT2D eigenvalue weighted by Gasteiger charge is -2.13. The van der Waals surface area contributed by atoms with E-state index in [1.165, 1.54) is 11.7 Å². The molecule has 0 saturated carbocycles. The molecule has 0 bridgehead atoms. The van der Waals surface area contributed by atoms with Gasteiger partial charge in [0.1, 0.15) is 12.4 Å². The van der Waals surface area contributed by atoms with Crippen molar-refractivity contribution in [3.05, 3.63) is 80.8 Å². The van der Waals surface area contributed by atoms with Gasteiger partial charge >= 0.3 is 11.7 Å². The molecule has 0 fully saturated rings. The maximum atomic E-state index is 13.6. The molecule has 12 heteroatoms. The van der Waals surface area contributed by atoms with Crippen molar-refractivity contribution >= 4 is 17.1 Å². The number of fused-ring (bicyclic) bond motifs is 1. The Hall–Kier alpha value is -4.87. The zero-order valence-electron chi connectivity index (χ0n) is 22.1. The van der Waals surface area contributed by atoms with E-state index in [9.17, 15) is 14.4 Å². The lowest BCUT2D eigenvalue weighted by atomic mass is 9.98. The first-order valence-electron chi connectivity index (χ1n) is 12.6. The summed E-state index contributed by atoms with van der Waals surface area (Å²) in [6.07, 6.45) is 0. The molecule has 1 N–H and O–H groups in total. The molecular weight excluding hydrogens is 500 g/mol. The van der Waals surface area contributed by atoms with Gasteiger partial charge in [-0.05, 0) is 34.0 Å². The highest BCUT2D eigenvalue weighted by Crippen LogP contribution is 2.30. The van der Waals surface area contributed by atoms with Gasteiger partial charge in [-0.25, -0.2) is 19.4 Å². The normalized spacial score (nSPS) is 11.4. The summed E-state index contributed by atoms with van der Waals surface area (Å²) in [6, 6.07) is 15.8. The van der Waals surface area contributed by atoms with Crippen LogP contribution >= 0.6 is 0 Å². The van der Waals surface area contributed by atoms with Crippen molar-refractivity contribution in [2.24, 2.45) is 0 Å².